The van der Waals surface area contributed by atoms with Gasteiger partial charge >= 0.3 is 0 Å². The fraction of sp³-hybridized carbons (Fsp3) is 0.235. The van der Waals surface area contributed by atoms with Crippen LogP contribution in [0.4, 0.5) is 11.4 Å². The maximum absolute atomic E-state index is 12.3. The van der Waals surface area contributed by atoms with Crippen molar-refractivity contribution in [1.29, 1.82) is 0 Å². The standard InChI is InChI=1S/C17H19ClN2O5S/c1-24-15-8-7-14(10-16(15)25-2)20(26(3,22)23)11-17(21)19-13-6-4-5-12(18)9-13/h4-10H,11H2,1-3H3,(H,19,21). The van der Waals surface area contributed by atoms with Gasteiger partial charge in [-0.25, -0.2) is 8.42 Å². The third kappa shape index (κ3) is 5.03. The number of halogens is 1. The third-order valence-electron chi connectivity index (χ3n) is 3.45. The Morgan fingerprint density at radius 3 is 2.38 bits per heavy atom. The number of rotatable bonds is 7. The van der Waals surface area contributed by atoms with Gasteiger partial charge in [-0.1, -0.05) is 17.7 Å². The number of ether oxygens (including phenoxy) is 2. The zero-order valence-corrected chi connectivity index (χ0v) is 16.1. The quantitative estimate of drug-likeness (QED) is 0.775. The SMILES string of the molecule is COc1ccc(N(CC(=O)Nc2cccc(Cl)c2)S(C)(=O)=O)cc1OC. The maximum Gasteiger partial charge on any atom is 0.245 e. The van der Waals surface area contributed by atoms with Gasteiger partial charge in [0.2, 0.25) is 15.9 Å². The molecule has 1 amide bonds. The molecule has 0 aromatic heterocycles. The highest BCUT2D eigenvalue weighted by atomic mass is 35.5. The molecule has 0 unspecified atom stereocenters. The molecule has 0 saturated carbocycles. The fourth-order valence-corrected chi connectivity index (χ4v) is 3.32. The van der Waals surface area contributed by atoms with Gasteiger partial charge in [-0.05, 0) is 30.3 Å². The van der Waals surface area contributed by atoms with E-state index in [4.69, 9.17) is 21.1 Å². The van der Waals surface area contributed by atoms with E-state index in [2.05, 4.69) is 5.32 Å². The van der Waals surface area contributed by atoms with Crippen LogP contribution in [0.15, 0.2) is 42.5 Å². The summed E-state index contributed by atoms with van der Waals surface area (Å²) in [6.45, 7) is -0.402. The summed E-state index contributed by atoms with van der Waals surface area (Å²) in [5.41, 5.74) is 0.759. The molecular formula is C17H19ClN2O5S. The minimum absolute atomic E-state index is 0.284. The minimum atomic E-state index is -3.71. The number of hydrogen-bond acceptors (Lipinski definition) is 5. The van der Waals surface area contributed by atoms with Gasteiger partial charge in [0.1, 0.15) is 6.54 Å². The predicted octanol–water partition coefficient (Wildman–Crippen LogP) is 2.76. The van der Waals surface area contributed by atoms with Crippen molar-refractivity contribution in [2.45, 2.75) is 0 Å². The molecule has 0 radical (unpaired) electrons. The average molecular weight is 399 g/mol. The van der Waals surface area contributed by atoms with Crippen LogP contribution in [-0.4, -0.2) is 41.3 Å². The Labute approximate surface area is 157 Å². The molecule has 26 heavy (non-hydrogen) atoms. The van der Waals surface area contributed by atoms with Crippen molar-refractivity contribution in [2.24, 2.45) is 0 Å². The van der Waals surface area contributed by atoms with Gasteiger partial charge < -0.3 is 14.8 Å². The van der Waals surface area contributed by atoms with Crippen LogP contribution in [0, 0.1) is 0 Å². The topological polar surface area (TPSA) is 84.9 Å². The summed E-state index contributed by atoms with van der Waals surface area (Å²) in [6.07, 6.45) is 1.02. The van der Waals surface area contributed by atoms with Crippen LogP contribution in [0.25, 0.3) is 0 Å². The van der Waals surface area contributed by atoms with E-state index in [0.29, 0.717) is 22.2 Å². The molecule has 0 atom stereocenters. The van der Waals surface area contributed by atoms with Gasteiger partial charge in [0, 0.05) is 16.8 Å². The second-order valence-electron chi connectivity index (χ2n) is 5.37. The Morgan fingerprint density at radius 2 is 1.81 bits per heavy atom. The number of anilines is 2. The first-order chi connectivity index (χ1) is 12.2. The van der Waals surface area contributed by atoms with Crippen LogP contribution in [-0.2, 0) is 14.8 Å². The Bertz CT molecular complexity index is 902. The van der Waals surface area contributed by atoms with E-state index in [1.807, 2.05) is 0 Å². The highest BCUT2D eigenvalue weighted by Crippen LogP contribution is 2.32. The number of carbonyl (C=O) groups is 1. The van der Waals surface area contributed by atoms with Gasteiger partial charge in [0.15, 0.2) is 11.5 Å². The van der Waals surface area contributed by atoms with Crippen molar-refractivity contribution in [3.63, 3.8) is 0 Å². The first kappa shape index (κ1) is 19.9. The summed E-state index contributed by atoms with van der Waals surface area (Å²) in [7, 11) is -0.789. The molecule has 0 bridgehead atoms. The largest absolute Gasteiger partial charge is 0.493 e. The van der Waals surface area contributed by atoms with Gasteiger partial charge in [0.25, 0.3) is 0 Å². The number of methoxy groups -OCH3 is 2. The zero-order valence-electron chi connectivity index (χ0n) is 14.5. The first-order valence-corrected chi connectivity index (χ1v) is 9.72. The van der Waals surface area contributed by atoms with Crippen LogP contribution in [0.3, 0.4) is 0 Å². The number of hydrogen-bond donors (Lipinski definition) is 1. The molecular weight excluding hydrogens is 380 g/mol. The minimum Gasteiger partial charge on any atom is -0.493 e. The van der Waals surface area contributed by atoms with Gasteiger partial charge in [0.05, 0.1) is 26.2 Å². The van der Waals surface area contributed by atoms with E-state index in [9.17, 15) is 13.2 Å². The molecule has 0 aliphatic heterocycles. The smallest absolute Gasteiger partial charge is 0.245 e. The number of sulfonamides is 1. The predicted molar refractivity (Wildman–Crippen MR) is 102 cm³/mol. The summed E-state index contributed by atoms with van der Waals surface area (Å²) in [5.74, 6) is 0.300. The van der Waals surface area contributed by atoms with Crippen molar-refractivity contribution in [2.75, 3.05) is 36.6 Å². The first-order valence-electron chi connectivity index (χ1n) is 7.49. The molecule has 0 aliphatic carbocycles. The van der Waals surface area contributed by atoms with Gasteiger partial charge in [-0.15, -0.1) is 0 Å². The number of nitrogens with zero attached hydrogens (tertiary/aromatic N) is 1. The number of amides is 1. The van der Waals surface area contributed by atoms with Crippen molar-refractivity contribution in [3.05, 3.63) is 47.5 Å². The number of nitrogens with one attached hydrogen (secondary N) is 1. The Hall–Kier alpha value is -2.45. The molecule has 0 aliphatic rings. The van der Waals surface area contributed by atoms with E-state index < -0.39 is 22.5 Å². The molecule has 0 saturated heterocycles. The lowest BCUT2D eigenvalue weighted by Gasteiger charge is -2.23. The molecule has 2 aromatic carbocycles. The van der Waals surface area contributed by atoms with E-state index in [1.54, 1.807) is 30.3 Å². The van der Waals surface area contributed by atoms with E-state index >= 15 is 0 Å². The Kier molecular flexibility index (Phi) is 6.33. The van der Waals surface area contributed by atoms with E-state index in [1.165, 1.54) is 26.4 Å². The van der Waals surface area contributed by atoms with Crippen LogP contribution >= 0.6 is 11.6 Å². The maximum atomic E-state index is 12.3. The lowest BCUT2D eigenvalue weighted by Crippen LogP contribution is -2.37. The zero-order chi connectivity index (χ0) is 19.3. The monoisotopic (exact) mass is 398 g/mol. The summed E-state index contributed by atoms with van der Waals surface area (Å²) in [4.78, 5) is 12.3. The Balaban J connectivity index is 2.27. The lowest BCUT2D eigenvalue weighted by atomic mass is 10.2. The molecule has 2 aromatic rings. The molecule has 0 fully saturated rings. The number of carbonyl (C=O) groups excluding carboxylic acids is 1. The summed E-state index contributed by atoms with van der Waals surface area (Å²) < 4.78 is 35.7. The van der Waals surface area contributed by atoms with Crippen LogP contribution < -0.4 is 19.1 Å². The summed E-state index contributed by atoms with van der Waals surface area (Å²) in [5, 5.41) is 3.08. The average Bonchev–Trinajstić information content (AvgIpc) is 2.58. The molecule has 1 N–H and O–H groups in total. The molecule has 7 nitrogen and oxygen atoms in total. The van der Waals surface area contributed by atoms with Crippen molar-refractivity contribution in [3.8, 4) is 11.5 Å². The van der Waals surface area contributed by atoms with Crippen molar-refractivity contribution in [1.82, 2.24) is 0 Å². The molecule has 2 rings (SSSR count). The summed E-state index contributed by atoms with van der Waals surface area (Å²) >= 11 is 5.88. The highest BCUT2D eigenvalue weighted by Gasteiger charge is 2.22. The molecule has 9 heteroatoms. The number of benzene rings is 2. The Morgan fingerprint density at radius 1 is 1.12 bits per heavy atom. The fourth-order valence-electron chi connectivity index (χ4n) is 2.28. The van der Waals surface area contributed by atoms with E-state index in [-0.39, 0.29) is 5.69 Å². The van der Waals surface area contributed by atoms with Crippen molar-refractivity contribution >= 4 is 38.9 Å². The lowest BCUT2D eigenvalue weighted by molar-refractivity contribution is -0.114. The van der Waals surface area contributed by atoms with Crippen LogP contribution in [0.5, 0.6) is 11.5 Å². The summed E-state index contributed by atoms with van der Waals surface area (Å²) in [6, 6.07) is 11.2. The second kappa shape index (κ2) is 8.29. The van der Waals surface area contributed by atoms with Crippen LogP contribution in [0.2, 0.25) is 5.02 Å². The molecule has 0 spiro atoms. The highest BCUT2D eigenvalue weighted by molar-refractivity contribution is 7.92. The van der Waals surface area contributed by atoms with Gasteiger partial charge in [-0.3, -0.25) is 9.10 Å². The van der Waals surface area contributed by atoms with Crippen molar-refractivity contribution < 1.29 is 22.7 Å². The third-order valence-corrected chi connectivity index (χ3v) is 4.83. The van der Waals surface area contributed by atoms with Crippen LogP contribution in [0.1, 0.15) is 0 Å². The molecule has 0 heterocycles. The normalized spacial score (nSPS) is 10.9. The van der Waals surface area contributed by atoms with Gasteiger partial charge in [-0.2, -0.15) is 0 Å². The second-order valence-corrected chi connectivity index (χ2v) is 7.71. The molecule has 140 valence electrons. The van der Waals surface area contributed by atoms with E-state index in [0.717, 1.165) is 10.6 Å².